The van der Waals surface area contributed by atoms with Crippen LogP contribution in [0.4, 0.5) is 4.39 Å². The third-order valence-corrected chi connectivity index (χ3v) is 4.17. The summed E-state index contributed by atoms with van der Waals surface area (Å²) in [5.74, 6) is 0.993. The molecule has 0 aliphatic heterocycles. The van der Waals surface area contributed by atoms with Gasteiger partial charge in [0.2, 0.25) is 0 Å². The zero-order valence-electron chi connectivity index (χ0n) is 13.3. The molecule has 6 heteroatoms. The van der Waals surface area contributed by atoms with Crippen LogP contribution in [0.25, 0.3) is 34.0 Å². The highest BCUT2D eigenvalue weighted by Gasteiger charge is 2.11. The van der Waals surface area contributed by atoms with E-state index in [1.165, 1.54) is 12.1 Å². The van der Waals surface area contributed by atoms with Crippen LogP contribution < -0.4 is 0 Å². The Bertz CT molecular complexity index is 1150. The Morgan fingerprint density at radius 1 is 1.19 bits per heavy atom. The standard InChI is InChI=1S/C20H11ClFN3O/c21-15-10-12(5-7-16(15)22)19-8-6-14(26-19)9-13(11-23)20-24-17-3-1-2-4-18(17)25-20/h1-10H,(H,24,25). The fourth-order valence-electron chi connectivity index (χ4n) is 2.61. The van der Waals surface area contributed by atoms with Crippen LogP contribution in [0, 0.1) is 17.1 Å². The van der Waals surface area contributed by atoms with Gasteiger partial charge in [0.05, 0.1) is 21.6 Å². The van der Waals surface area contributed by atoms with Crippen molar-refractivity contribution in [2.24, 2.45) is 0 Å². The summed E-state index contributed by atoms with van der Waals surface area (Å²) in [5, 5.41) is 9.50. The van der Waals surface area contributed by atoms with Gasteiger partial charge in [0.1, 0.15) is 29.2 Å². The topological polar surface area (TPSA) is 65.6 Å². The number of halogens is 2. The number of nitrogens with one attached hydrogen (secondary N) is 1. The number of aromatic nitrogens is 2. The highest BCUT2D eigenvalue weighted by Crippen LogP contribution is 2.28. The van der Waals surface area contributed by atoms with E-state index in [2.05, 4.69) is 16.0 Å². The summed E-state index contributed by atoms with van der Waals surface area (Å²) < 4.78 is 19.0. The van der Waals surface area contributed by atoms with E-state index < -0.39 is 5.82 Å². The molecule has 1 N–H and O–H groups in total. The van der Waals surface area contributed by atoms with Crippen LogP contribution in [0.15, 0.2) is 59.0 Å². The van der Waals surface area contributed by atoms with Crippen LogP contribution in [0.2, 0.25) is 5.02 Å². The number of furan rings is 1. The number of para-hydroxylation sites is 2. The molecule has 0 unspecified atom stereocenters. The average Bonchev–Trinajstić information content (AvgIpc) is 3.28. The van der Waals surface area contributed by atoms with Crippen LogP contribution in [0.5, 0.6) is 0 Å². The molecular weight excluding hydrogens is 353 g/mol. The summed E-state index contributed by atoms with van der Waals surface area (Å²) in [5.41, 5.74) is 2.63. The van der Waals surface area contributed by atoms with Gasteiger partial charge in [0.15, 0.2) is 0 Å². The summed E-state index contributed by atoms with van der Waals surface area (Å²) in [4.78, 5) is 7.54. The molecule has 0 radical (unpaired) electrons. The smallest absolute Gasteiger partial charge is 0.149 e. The number of H-pyrrole nitrogens is 1. The Balaban J connectivity index is 1.69. The number of hydrogen-bond acceptors (Lipinski definition) is 3. The maximum Gasteiger partial charge on any atom is 0.149 e. The van der Waals surface area contributed by atoms with Gasteiger partial charge in [-0.05, 0) is 42.5 Å². The molecule has 0 saturated heterocycles. The molecule has 0 spiro atoms. The van der Waals surface area contributed by atoms with Crippen LogP contribution in [0.3, 0.4) is 0 Å². The summed E-state index contributed by atoms with van der Waals surface area (Å²) in [6.45, 7) is 0. The molecule has 0 aliphatic carbocycles. The van der Waals surface area contributed by atoms with E-state index in [1.54, 1.807) is 24.3 Å². The van der Waals surface area contributed by atoms with Gasteiger partial charge in [-0.1, -0.05) is 23.7 Å². The molecule has 0 bridgehead atoms. The molecule has 2 aromatic heterocycles. The highest BCUT2D eigenvalue weighted by molar-refractivity contribution is 6.31. The number of nitrogens with zero attached hydrogens (tertiary/aromatic N) is 2. The summed E-state index contributed by atoms with van der Waals surface area (Å²) in [6, 6.07) is 17.5. The minimum atomic E-state index is -0.487. The van der Waals surface area contributed by atoms with Gasteiger partial charge >= 0.3 is 0 Å². The fourth-order valence-corrected chi connectivity index (χ4v) is 2.79. The number of rotatable bonds is 3. The largest absolute Gasteiger partial charge is 0.457 e. The summed E-state index contributed by atoms with van der Waals surface area (Å²) >= 11 is 5.81. The normalized spacial score (nSPS) is 11.7. The second-order valence-corrected chi connectivity index (χ2v) is 6.01. The molecule has 126 valence electrons. The van der Waals surface area contributed by atoms with Gasteiger partial charge in [-0.2, -0.15) is 5.26 Å². The third kappa shape index (κ3) is 2.99. The van der Waals surface area contributed by atoms with Gasteiger partial charge in [0, 0.05) is 11.6 Å². The predicted octanol–water partition coefficient (Wildman–Crippen LogP) is 5.68. The molecule has 4 nitrogen and oxygen atoms in total. The zero-order chi connectivity index (χ0) is 18.1. The first-order chi connectivity index (χ1) is 12.6. The van der Waals surface area contributed by atoms with Crippen molar-refractivity contribution in [3.8, 4) is 17.4 Å². The van der Waals surface area contributed by atoms with E-state index in [9.17, 15) is 9.65 Å². The molecule has 4 rings (SSSR count). The molecule has 0 amide bonds. The number of fused-ring (bicyclic) bond motifs is 1. The van der Waals surface area contributed by atoms with Crippen molar-refractivity contribution >= 4 is 34.3 Å². The lowest BCUT2D eigenvalue weighted by Gasteiger charge is -1.99. The molecular formula is C20H11ClFN3O. The Labute approximate surface area is 153 Å². The summed E-state index contributed by atoms with van der Waals surface area (Å²) in [6.07, 6.45) is 1.60. The minimum absolute atomic E-state index is 0.0241. The van der Waals surface area contributed by atoms with E-state index in [1.807, 2.05) is 24.3 Å². The minimum Gasteiger partial charge on any atom is -0.457 e. The van der Waals surface area contributed by atoms with Crippen molar-refractivity contribution in [3.05, 3.63) is 77.0 Å². The molecule has 0 aliphatic rings. The van der Waals surface area contributed by atoms with Crippen LogP contribution in [-0.2, 0) is 0 Å². The monoisotopic (exact) mass is 363 g/mol. The molecule has 4 aromatic rings. The number of benzene rings is 2. The quantitative estimate of drug-likeness (QED) is 0.476. The van der Waals surface area contributed by atoms with E-state index in [0.29, 0.717) is 28.5 Å². The Kier molecular flexibility index (Phi) is 4.04. The lowest BCUT2D eigenvalue weighted by Crippen LogP contribution is -1.84. The lowest BCUT2D eigenvalue weighted by molar-refractivity contribution is 0.571. The van der Waals surface area contributed by atoms with Crippen LogP contribution >= 0.6 is 11.6 Å². The molecule has 0 atom stereocenters. The molecule has 2 heterocycles. The summed E-state index contributed by atoms with van der Waals surface area (Å²) in [7, 11) is 0. The van der Waals surface area contributed by atoms with E-state index in [4.69, 9.17) is 16.0 Å². The van der Waals surface area contributed by atoms with Crippen molar-refractivity contribution in [1.29, 1.82) is 5.26 Å². The Hall–Kier alpha value is -3.36. The van der Waals surface area contributed by atoms with Gasteiger partial charge in [-0.25, -0.2) is 9.37 Å². The van der Waals surface area contributed by atoms with E-state index >= 15 is 0 Å². The van der Waals surface area contributed by atoms with E-state index in [-0.39, 0.29) is 5.02 Å². The SMILES string of the molecule is N#CC(=Cc1ccc(-c2ccc(F)c(Cl)c2)o1)c1nc2ccccc2[nH]1. The first kappa shape index (κ1) is 16.1. The molecule has 0 fully saturated rings. The number of nitriles is 1. The highest BCUT2D eigenvalue weighted by atomic mass is 35.5. The molecule has 2 aromatic carbocycles. The third-order valence-electron chi connectivity index (χ3n) is 3.88. The maximum absolute atomic E-state index is 13.3. The maximum atomic E-state index is 13.3. The van der Waals surface area contributed by atoms with Crippen LogP contribution in [0.1, 0.15) is 11.6 Å². The predicted molar refractivity (Wildman–Crippen MR) is 98.7 cm³/mol. The second-order valence-electron chi connectivity index (χ2n) is 5.60. The van der Waals surface area contributed by atoms with Crippen molar-refractivity contribution in [2.45, 2.75) is 0 Å². The van der Waals surface area contributed by atoms with Crippen molar-refractivity contribution < 1.29 is 8.81 Å². The number of hydrogen-bond donors (Lipinski definition) is 1. The average molecular weight is 364 g/mol. The number of imidazole rings is 1. The Morgan fingerprint density at radius 2 is 2.04 bits per heavy atom. The second kappa shape index (κ2) is 6.51. The Morgan fingerprint density at radius 3 is 2.81 bits per heavy atom. The van der Waals surface area contributed by atoms with Crippen molar-refractivity contribution in [2.75, 3.05) is 0 Å². The van der Waals surface area contributed by atoms with Gasteiger partial charge in [-0.15, -0.1) is 0 Å². The number of allylic oxidation sites excluding steroid dienone is 1. The fraction of sp³-hybridized carbons (Fsp3) is 0. The molecule has 0 saturated carbocycles. The molecule has 26 heavy (non-hydrogen) atoms. The van der Waals surface area contributed by atoms with Crippen molar-refractivity contribution in [1.82, 2.24) is 9.97 Å². The number of aromatic amines is 1. The van der Waals surface area contributed by atoms with E-state index in [0.717, 1.165) is 11.0 Å². The zero-order valence-corrected chi connectivity index (χ0v) is 14.1. The van der Waals surface area contributed by atoms with Gasteiger partial charge in [-0.3, -0.25) is 0 Å². The van der Waals surface area contributed by atoms with Gasteiger partial charge in [0.25, 0.3) is 0 Å². The van der Waals surface area contributed by atoms with Crippen LogP contribution in [-0.4, -0.2) is 9.97 Å². The first-order valence-corrected chi connectivity index (χ1v) is 8.14. The van der Waals surface area contributed by atoms with Crippen molar-refractivity contribution in [3.63, 3.8) is 0 Å². The lowest BCUT2D eigenvalue weighted by atomic mass is 10.2. The van der Waals surface area contributed by atoms with Gasteiger partial charge < -0.3 is 9.40 Å². The first-order valence-electron chi connectivity index (χ1n) is 7.76.